The van der Waals surface area contributed by atoms with Crippen LogP contribution in [0.5, 0.6) is 28.7 Å². The first-order valence-corrected chi connectivity index (χ1v) is 15.8. The van der Waals surface area contributed by atoms with Gasteiger partial charge in [0.1, 0.15) is 24.4 Å². The maximum absolute atomic E-state index is 13.5. The van der Waals surface area contributed by atoms with E-state index in [1.54, 1.807) is 18.2 Å². The van der Waals surface area contributed by atoms with Gasteiger partial charge in [-0.1, -0.05) is 6.07 Å². The van der Waals surface area contributed by atoms with Gasteiger partial charge in [-0.3, -0.25) is 4.79 Å². The monoisotopic (exact) mass is 656 g/mol. The van der Waals surface area contributed by atoms with Crippen molar-refractivity contribution in [1.82, 2.24) is 0 Å². The standard InChI is InChI=1S/C32H32O13S/c1-37-19-6-13(7-20(38-2)25(19)33)23-14-8-17-18(42-12-41-17)9-15(14)28(16-10-39-30(36)24(16)23)44-32-27(35)26(34)29-21(43-32)11-40-31(45-29)22-4-3-5-46-22/h3-9,16,21,23-24,26-29,31-35H,10-12H2,1-2H3/t16?,21-,23-,24+,26-,27-,28?,29?,31-,32+/m1/s1. The first-order valence-electron chi connectivity index (χ1n) is 14.9. The number of hydrogen-bond acceptors (Lipinski definition) is 14. The number of aliphatic hydroxyl groups is 2. The summed E-state index contributed by atoms with van der Waals surface area (Å²) in [5.41, 5.74) is 2.00. The highest BCUT2D eigenvalue weighted by molar-refractivity contribution is 7.10. The molecule has 3 fully saturated rings. The number of phenols is 1. The van der Waals surface area contributed by atoms with Gasteiger partial charge in [-0.25, -0.2) is 0 Å². The van der Waals surface area contributed by atoms with E-state index in [9.17, 15) is 20.1 Å². The van der Waals surface area contributed by atoms with Crippen molar-refractivity contribution in [2.24, 2.45) is 11.8 Å². The lowest BCUT2D eigenvalue weighted by Gasteiger charge is -2.48. The highest BCUT2D eigenvalue weighted by Crippen LogP contribution is 2.57. The van der Waals surface area contributed by atoms with E-state index in [2.05, 4.69) is 0 Å². The smallest absolute Gasteiger partial charge is 0.310 e. The van der Waals surface area contributed by atoms with Crippen LogP contribution in [0.1, 0.15) is 39.9 Å². The molecule has 0 saturated carbocycles. The van der Waals surface area contributed by atoms with Crippen molar-refractivity contribution in [3.8, 4) is 28.7 Å². The van der Waals surface area contributed by atoms with Gasteiger partial charge >= 0.3 is 5.97 Å². The van der Waals surface area contributed by atoms with E-state index < -0.39 is 66.8 Å². The minimum absolute atomic E-state index is 0.0242. The van der Waals surface area contributed by atoms with Crippen LogP contribution < -0.4 is 18.9 Å². The van der Waals surface area contributed by atoms with Crippen LogP contribution >= 0.6 is 11.3 Å². The number of methoxy groups -OCH3 is 2. The Morgan fingerprint density at radius 3 is 2.35 bits per heavy atom. The van der Waals surface area contributed by atoms with Crippen LogP contribution in [0.15, 0.2) is 41.8 Å². The molecular weight excluding hydrogens is 624 g/mol. The largest absolute Gasteiger partial charge is 0.502 e. The molecule has 244 valence electrons. The number of thiophene rings is 1. The predicted octanol–water partition coefficient (Wildman–Crippen LogP) is 2.75. The van der Waals surface area contributed by atoms with Gasteiger partial charge in [-0.05, 0) is 52.4 Å². The lowest BCUT2D eigenvalue weighted by molar-refractivity contribution is -0.368. The quantitative estimate of drug-likeness (QED) is 0.333. The van der Waals surface area contributed by atoms with E-state index in [0.717, 1.165) is 4.88 Å². The molecule has 10 atom stereocenters. The molecular formula is C32H32O13S. The van der Waals surface area contributed by atoms with Crippen LogP contribution in [0, 0.1) is 11.8 Å². The van der Waals surface area contributed by atoms with Gasteiger partial charge in [-0.2, -0.15) is 0 Å². The van der Waals surface area contributed by atoms with E-state index in [0.29, 0.717) is 28.2 Å². The molecule has 1 aliphatic carbocycles. The van der Waals surface area contributed by atoms with Crippen LogP contribution in [0.4, 0.5) is 0 Å². The van der Waals surface area contributed by atoms with Crippen molar-refractivity contribution < 1.29 is 62.7 Å². The highest BCUT2D eigenvalue weighted by Gasteiger charge is 2.56. The molecule has 46 heavy (non-hydrogen) atoms. The molecule has 5 aliphatic rings. The van der Waals surface area contributed by atoms with E-state index in [1.165, 1.54) is 25.6 Å². The summed E-state index contributed by atoms with van der Waals surface area (Å²) in [7, 11) is 2.86. The van der Waals surface area contributed by atoms with Crippen molar-refractivity contribution in [3.63, 3.8) is 0 Å². The minimum Gasteiger partial charge on any atom is -0.502 e. The zero-order valence-corrected chi connectivity index (χ0v) is 25.6. The maximum atomic E-state index is 13.5. The van der Waals surface area contributed by atoms with E-state index >= 15 is 0 Å². The predicted molar refractivity (Wildman–Crippen MR) is 156 cm³/mol. The Bertz CT molecular complexity index is 1600. The second-order valence-electron chi connectivity index (χ2n) is 11.8. The average molecular weight is 657 g/mol. The summed E-state index contributed by atoms with van der Waals surface area (Å²) in [6.07, 6.45) is -7.16. The minimum atomic E-state index is -1.47. The third-order valence-electron chi connectivity index (χ3n) is 9.37. The molecule has 8 rings (SSSR count). The molecule has 5 heterocycles. The fourth-order valence-electron chi connectivity index (χ4n) is 7.18. The molecule has 0 bridgehead atoms. The van der Waals surface area contributed by atoms with Gasteiger partial charge < -0.3 is 58.0 Å². The number of phenolic OH excluding ortho intramolecular Hbond substituents is 1. The highest BCUT2D eigenvalue weighted by atomic mass is 32.1. The number of carbonyl (C=O) groups is 1. The summed E-state index contributed by atoms with van der Waals surface area (Å²) < 4.78 is 52.6. The number of aliphatic hydroxyl groups excluding tert-OH is 2. The number of fused-ring (bicyclic) bond motifs is 4. The molecule has 14 heteroatoms. The summed E-state index contributed by atoms with van der Waals surface area (Å²) in [6.45, 7) is 0.171. The summed E-state index contributed by atoms with van der Waals surface area (Å²) >= 11 is 1.46. The molecule has 3 N–H and O–H groups in total. The molecule has 3 unspecified atom stereocenters. The zero-order valence-electron chi connectivity index (χ0n) is 24.8. The Balaban J connectivity index is 1.16. The first kappa shape index (κ1) is 29.8. The van der Waals surface area contributed by atoms with Gasteiger partial charge in [-0.15, -0.1) is 11.3 Å². The summed E-state index contributed by atoms with van der Waals surface area (Å²) in [4.78, 5) is 14.3. The normalized spacial score (nSPS) is 34.3. The Morgan fingerprint density at radius 1 is 0.913 bits per heavy atom. The lowest BCUT2D eigenvalue weighted by Crippen LogP contribution is -2.62. The molecule has 13 nitrogen and oxygen atoms in total. The third kappa shape index (κ3) is 4.70. The van der Waals surface area contributed by atoms with Crippen LogP contribution in [-0.4, -0.2) is 86.2 Å². The third-order valence-corrected chi connectivity index (χ3v) is 10.3. The SMILES string of the molecule is COc1cc([C@@H]2c3cc4c(cc3C(O[C@@H]3O[C@@H]5CO[C@@H](c6cccs6)OC5[C@H](O)[C@H]3O)C3COC(=O)[C@@H]32)OCO4)cc(OC)c1O. The van der Waals surface area contributed by atoms with Gasteiger partial charge in [0.25, 0.3) is 0 Å². The molecule has 1 aromatic heterocycles. The first-order chi connectivity index (χ1) is 22.4. The van der Waals surface area contributed by atoms with E-state index in [-0.39, 0.29) is 37.3 Å². The molecule has 3 aromatic rings. The van der Waals surface area contributed by atoms with Crippen molar-refractivity contribution in [2.45, 2.75) is 49.0 Å². The summed E-state index contributed by atoms with van der Waals surface area (Å²) in [5.74, 6) is -1.08. The number of ether oxygens (including phenoxy) is 9. The number of benzene rings is 2. The maximum Gasteiger partial charge on any atom is 0.310 e. The van der Waals surface area contributed by atoms with Crippen molar-refractivity contribution in [3.05, 3.63) is 63.3 Å². The fourth-order valence-corrected chi connectivity index (χ4v) is 7.89. The van der Waals surface area contributed by atoms with E-state index in [4.69, 9.17) is 42.6 Å². The number of aromatic hydroxyl groups is 1. The molecule has 0 spiro atoms. The Labute approximate surface area is 267 Å². The number of rotatable bonds is 6. The Morgan fingerprint density at radius 2 is 1.65 bits per heavy atom. The van der Waals surface area contributed by atoms with Crippen molar-refractivity contribution in [1.29, 1.82) is 0 Å². The number of carbonyl (C=O) groups excluding carboxylic acids is 1. The second kappa shape index (κ2) is 11.6. The molecule has 0 amide bonds. The summed E-state index contributed by atoms with van der Waals surface area (Å²) in [6, 6.07) is 10.7. The van der Waals surface area contributed by atoms with Gasteiger partial charge in [0.05, 0.1) is 44.3 Å². The molecule has 4 aliphatic heterocycles. The van der Waals surface area contributed by atoms with Crippen LogP contribution in [0.25, 0.3) is 0 Å². The zero-order chi connectivity index (χ0) is 31.7. The Hall–Kier alpha value is -3.63. The van der Waals surface area contributed by atoms with Crippen LogP contribution in [-0.2, 0) is 28.5 Å². The topological polar surface area (TPSA) is 161 Å². The van der Waals surface area contributed by atoms with Gasteiger partial charge in [0, 0.05) is 11.8 Å². The summed E-state index contributed by atoms with van der Waals surface area (Å²) in [5, 5.41) is 35.0. The van der Waals surface area contributed by atoms with Gasteiger partial charge in [0.2, 0.25) is 12.5 Å². The second-order valence-corrected chi connectivity index (χ2v) is 12.7. The van der Waals surface area contributed by atoms with Crippen molar-refractivity contribution >= 4 is 17.3 Å². The number of cyclic esters (lactones) is 1. The molecule has 0 radical (unpaired) electrons. The number of hydrogen-bond donors (Lipinski definition) is 3. The lowest BCUT2D eigenvalue weighted by atomic mass is 9.66. The average Bonchev–Trinajstić information content (AvgIpc) is 3.85. The fraction of sp³-hybridized carbons (Fsp3) is 0.469. The van der Waals surface area contributed by atoms with Gasteiger partial charge in [0.15, 0.2) is 35.6 Å². The number of esters is 1. The van der Waals surface area contributed by atoms with Crippen LogP contribution in [0.2, 0.25) is 0 Å². The molecule has 2 aromatic carbocycles. The van der Waals surface area contributed by atoms with Crippen molar-refractivity contribution in [2.75, 3.05) is 34.2 Å². The van der Waals surface area contributed by atoms with E-state index in [1.807, 2.05) is 23.6 Å². The molecule has 3 saturated heterocycles. The van der Waals surface area contributed by atoms with Crippen LogP contribution in [0.3, 0.4) is 0 Å². The Kier molecular flexibility index (Phi) is 7.48.